The van der Waals surface area contributed by atoms with Gasteiger partial charge in [-0.1, -0.05) is 0 Å². The van der Waals surface area contributed by atoms with E-state index in [1.165, 1.54) is 0 Å². The lowest BCUT2D eigenvalue weighted by Gasteiger charge is -2.22. The highest BCUT2D eigenvalue weighted by molar-refractivity contribution is 5.78. The van der Waals surface area contributed by atoms with Crippen LogP contribution in [0.4, 0.5) is 0 Å². The van der Waals surface area contributed by atoms with Crippen molar-refractivity contribution < 1.29 is 9.53 Å². The zero-order valence-electron chi connectivity index (χ0n) is 10.7. The van der Waals surface area contributed by atoms with Crippen LogP contribution in [0.15, 0.2) is 0 Å². The van der Waals surface area contributed by atoms with Crippen molar-refractivity contribution in [3.8, 4) is 0 Å². The van der Waals surface area contributed by atoms with Gasteiger partial charge in [-0.3, -0.25) is 9.69 Å². The van der Waals surface area contributed by atoms with Gasteiger partial charge in [0.15, 0.2) is 0 Å². The number of amides is 1. The second-order valence-corrected chi connectivity index (χ2v) is 3.70. The Balaban J connectivity index is 3.68. The van der Waals surface area contributed by atoms with Gasteiger partial charge in [-0.15, -0.1) is 0 Å². The Morgan fingerprint density at radius 1 is 1.25 bits per heavy atom. The molecule has 0 saturated carbocycles. The molecule has 0 bridgehead atoms. The lowest BCUT2D eigenvalue weighted by atomic mass is 10.4. The summed E-state index contributed by atoms with van der Waals surface area (Å²) in [6.45, 7) is 8.48. The smallest absolute Gasteiger partial charge is 0.236 e. The van der Waals surface area contributed by atoms with Gasteiger partial charge in [0.2, 0.25) is 5.91 Å². The molecule has 1 amide bonds. The lowest BCUT2D eigenvalue weighted by Crippen LogP contribution is -2.39. The number of carbonyl (C=O) groups is 1. The van der Waals surface area contributed by atoms with Crippen molar-refractivity contribution in [3.05, 3.63) is 0 Å². The van der Waals surface area contributed by atoms with Crippen LogP contribution >= 0.6 is 0 Å². The van der Waals surface area contributed by atoms with E-state index in [-0.39, 0.29) is 5.91 Å². The third-order valence-electron chi connectivity index (χ3n) is 2.40. The molecule has 96 valence electrons. The summed E-state index contributed by atoms with van der Waals surface area (Å²) < 4.78 is 5.26. The fourth-order valence-electron chi connectivity index (χ4n) is 1.39. The number of likely N-dealkylation sites (N-methyl/N-ethyl adjacent to an activating group) is 2. The molecular formula is C11H25N3O2. The first-order valence-electron chi connectivity index (χ1n) is 5.89. The van der Waals surface area contributed by atoms with Crippen LogP contribution in [0.25, 0.3) is 0 Å². The molecule has 16 heavy (non-hydrogen) atoms. The minimum Gasteiger partial charge on any atom is -0.379 e. The summed E-state index contributed by atoms with van der Waals surface area (Å²) >= 11 is 0. The van der Waals surface area contributed by atoms with Crippen LogP contribution in [-0.4, -0.2) is 68.7 Å². The summed E-state index contributed by atoms with van der Waals surface area (Å²) in [7, 11) is 1.92. The van der Waals surface area contributed by atoms with E-state index in [9.17, 15) is 4.79 Å². The Morgan fingerprint density at radius 2 is 1.88 bits per heavy atom. The van der Waals surface area contributed by atoms with Gasteiger partial charge in [-0.05, 0) is 20.9 Å². The van der Waals surface area contributed by atoms with E-state index in [4.69, 9.17) is 10.5 Å². The summed E-state index contributed by atoms with van der Waals surface area (Å²) in [6.07, 6.45) is 0. The molecule has 0 aliphatic heterocycles. The number of hydrogen-bond acceptors (Lipinski definition) is 4. The zero-order chi connectivity index (χ0) is 12.4. The molecule has 0 rings (SSSR count). The quantitative estimate of drug-likeness (QED) is 0.557. The van der Waals surface area contributed by atoms with E-state index < -0.39 is 0 Å². The average Bonchev–Trinajstić information content (AvgIpc) is 2.26. The second kappa shape index (κ2) is 9.57. The van der Waals surface area contributed by atoms with E-state index in [2.05, 4.69) is 0 Å². The van der Waals surface area contributed by atoms with E-state index in [1.54, 1.807) is 0 Å². The SMILES string of the molecule is CCN(CC)C(=O)CN(C)CCOCCN. The average molecular weight is 231 g/mol. The van der Waals surface area contributed by atoms with Gasteiger partial charge in [-0.25, -0.2) is 0 Å². The standard InChI is InChI=1S/C11H25N3O2/c1-4-14(5-2)11(15)10-13(3)7-9-16-8-6-12/h4-10,12H2,1-3H3. The fourth-order valence-corrected chi connectivity index (χ4v) is 1.39. The third-order valence-corrected chi connectivity index (χ3v) is 2.40. The van der Waals surface area contributed by atoms with Gasteiger partial charge in [0.05, 0.1) is 19.8 Å². The molecule has 0 fully saturated rings. The Hall–Kier alpha value is -0.650. The van der Waals surface area contributed by atoms with E-state index in [1.807, 2.05) is 30.7 Å². The Kier molecular flexibility index (Phi) is 9.18. The third kappa shape index (κ3) is 6.76. The molecule has 0 aliphatic rings. The topological polar surface area (TPSA) is 58.8 Å². The van der Waals surface area contributed by atoms with Gasteiger partial charge in [0.25, 0.3) is 0 Å². The molecule has 0 spiro atoms. The van der Waals surface area contributed by atoms with Crippen molar-refractivity contribution >= 4 is 5.91 Å². The molecule has 0 saturated heterocycles. The van der Waals surface area contributed by atoms with Crippen molar-refractivity contribution in [2.24, 2.45) is 5.73 Å². The summed E-state index contributed by atoms with van der Waals surface area (Å²) in [4.78, 5) is 15.5. The monoisotopic (exact) mass is 231 g/mol. The minimum absolute atomic E-state index is 0.173. The van der Waals surface area contributed by atoms with Gasteiger partial charge >= 0.3 is 0 Å². The normalized spacial score (nSPS) is 10.8. The number of nitrogens with zero attached hydrogens (tertiary/aromatic N) is 2. The Labute approximate surface area is 98.5 Å². The number of nitrogens with two attached hydrogens (primary N) is 1. The van der Waals surface area contributed by atoms with E-state index in [0.717, 1.165) is 19.6 Å². The number of hydrogen-bond donors (Lipinski definition) is 1. The Morgan fingerprint density at radius 3 is 2.38 bits per heavy atom. The minimum atomic E-state index is 0.173. The first-order valence-corrected chi connectivity index (χ1v) is 5.89. The molecule has 0 unspecified atom stereocenters. The summed E-state index contributed by atoms with van der Waals surface area (Å²) in [5.41, 5.74) is 5.30. The molecule has 0 atom stereocenters. The highest BCUT2D eigenvalue weighted by Gasteiger charge is 2.11. The number of ether oxygens (including phenoxy) is 1. The summed E-state index contributed by atoms with van der Waals surface area (Å²) in [5, 5.41) is 0. The van der Waals surface area contributed by atoms with Crippen LogP contribution < -0.4 is 5.73 Å². The fraction of sp³-hybridized carbons (Fsp3) is 0.909. The zero-order valence-corrected chi connectivity index (χ0v) is 10.7. The van der Waals surface area contributed by atoms with Crippen LogP contribution in [0.1, 0.15) is 13.8 Å². The first kappa shape index (κ1) is 15.3. The molecule has 0 radical (unpaired) electrons. The van der Waals surface area contributed by atoms with Crippen molar-refractivity contribution in [1.29, 1.82) is 0 Å². The molecule has 0 aromatic heterocycles. The summed E-state index contributed by atoms with van der Waals surface area (Å²) in [6, 6.07) is 0. The highest BCUT2D eigenvalue weighted by atomic mass is 16.5. The molecule has 0 aromatic carbocycles. The molecule has 5 nitrogen and oxygen atoms in total. The highest BCUT2D eigenvalue weighted by Crippen LogP contribution is 1.92. The van der Waals surface area contributed by atoms with Crippen molar-refractivity contribution in [2.75, 3.05) is 53.0 Å². The predicted molar refractivity (Wildman–Crippen MR) is 65.3 cm³/mol. The molecule has 0 aliphatic carbocycles. The maximum Gasteiger partial charge on any atom is 0.236 e. The molecule has 5 heteroatoms. The van der Waals surface area contributed by atoms with Crippen molar-refractivity contribution in [3.63, 3.8) is 0 Å². The number of rotatable bonds is 9. The van der Waals surface area contributed by atoms with Gasteiger partial charge in [0, 0.05) is 26.2 Å². The van der Waals surface area contributed by atoms with Crippen LogP contribution in [0, 0.1) is 0 Å². The lowest BCUT2D eigenvalue weighted by molar-refractivity contribution is -0.131. The number of carbonyl (C=O) groups excluding carboxylic acids is 1. The maximum atomic E-state index is 11.7. The van der Waals surface area contributed by atoms with Crippen LogP contribution in [-0.2, 0) is 9.53 Å². The summed E-state index contributed by atoms with van der Waals surface area (Å²) in [5.74, 6) is 0.173. The first-order chi connectivity index (χ1) is 7.65. The Bertz CT molecular complexity index is 184. The van der Waals surface area contributed by atoms with Gasteiger partial charge in [-0.2, -0.15) is 0 Å². The van der Waals surface area contributed by atoms with E-state index >= 15 is 0 Å². The van der Waals surface area contributed by atoms with Crippen molar-refractivity contribution in [2.45, 2.75) is 13.8 Å². The maximum absolute atomic E-state index is 11.7. The van der Waals surface area contributed by atoms with Crippen LogP contribution in [0.5, 0.6) is 0 Å². The molecule has 0 heterocycles. The molecule has 2 N–H and O–H groups in total. The molecule has 0 aromatic rings. The van der Waals surface area contributed by atoms with Crippen LogP contribution in [0.3, 0.4) is 0 Å². The van der Waals surface area contributed by atoms with Crippen LogP contribution in [0.2, 0.25) is 0 Å². The second-order valence-electron chi connectivity index (χ2n) is 3.70. The molecular weight excluding hydrogens is 206 g/mol. The predicted octanol–water partition coefficient (Wildman–Crippen LogP) is -0.238. The largest absolute Gasteiger partial charge is 0.379 e. The van der Waals surface area contributed by atoms with E-state index in [0.29, 0.717) is 26.3 Å². The van der Waals surface area contributed by atoms with Gasteiger partial charge < -0.3 is 15.4 Å². The van der Waals surface area contributed by atoms with Crippen molar-refractivity contribution in [1.82, 2.24) is 9.80 Å². The van der Waals surface area contributed by atoms with Gasteiger partial charge in [0.1, 0.15) is 0 Å².